The zero-order chi connectivity index (χ0) is 19.3. The number of para-hydroxylation sites is 1. The molecular formula is C22H16FN3O2. The van der Waals surface area contributed by atoms with Crippen LogP contribution in [0.4, 0.5) is 4.39 Å². The third kappa shape index (κ3) is 3.81. The fourth-order valence-corrected chi connectivity index (χ4v) is 2.79. The highest BCUT2D eigenvalue weighted by Crippen LogP contribution is 2.30. The SMILES string of the molecule is O=C(NCc1cccnc1)c1ccc(F)c(Oc2ccnc3ccccc23)c1. The average Bonchev–Trinajstić information content (AvgIpc) is 2.74. The molecule has 0 fully saturated rings. The Morgan fingerprint density at radius 1 is 1.00 bits per heavy atom. The minimum absolute atomic E-state index is 0.0228. The minimum atomic E-state index is -0.551. The van der Waals surface area contributed by atoms with Crippen LogP contribution in [0, 0.1) is 5.82 Å². The van der Waals surface area contributed by atoms with Crippen LogP contribution in [0.5, 0.6) is 11.5 Å². The predicted octanol–water partition coefficient (Wildman–Crippen LogP) is 4.49. The number of nitrogens with zero attached hydrogens (tertiary/aromatic N) is 2. The zero-order valence-electron chi connectivity index (χ0n) is 14.8. The van der Waals surface area contributed by atoms with E-state index >= 15 is 0 Å². The fraction of sp³-hybridized carbons (Fsp3) is 0.0455. The summed E-state index contributed by atoms with van der Waals surface area (Å²) in [4.78, 5) is 20.7. The molecule has 2 aromatic carbocycles. The van der Waals surface area contributed by atoms with E-state index in [1.54, 1.807) is 30.7 Å². The van der Waals surface area contributed by atoms with E-state index in [0.29, 0.717) is 17.9 Å². The number of hydrogen-bond donors (Lipinski definition) is 1. The van der Waals surface area contributed by atoms with Gasteiger partial charge in [-0.2, -0.15) is 0 Å². The number of hydrogen-bond acceptors (Lipinski definition) is 4. The van der Waals surface area contributed by atoms with Gasteiger partial charge in [0.1, 0.15) is 5.75 Å². The molecule has 1 N–H and O–H groups in total. The molecule has 0 bridgehead atoms. The van der Waals surface area contributed by atoms with E-state index < -0.39 is 5.82 Å². The Labute approximate surface area is 160 Å². The molecule has 0 aliphatic rings. The number of fused-ring (bicyclic) bond motifs is 1. The first-order valence-corrected chi connectivity index (χ1v) is 8.69. The van der Waals surface area contributed by atoms with Crippen LogP contribution >= 0.6 is 0 Å². The molecule has 5 nitrogen and oxygen atoms in total. The maximum absolute atomic E-state index is 14.3. The van der Waals surface area contributed by atoms with E-state index in [1.165, 1.54) is 18.2 Å². The molecule has 0 unspecified atom stereocenters. The maximum Gasteiger partial charge on any atom is 0.251 e. The molecular weight excluding hydrogens is 357 g/mol. The van der Waals surface area contributed by atoms with Crippen LogP contribution in [0.15, 0.2) is 79.3 Å². The average molecular weight is 373 g/mol. The smallest absolute Gasteiger partial charge is 0.251 e. The van der Waals surface area contributed by atoms with Crippen LogP contribution in [0.2, 0.25) is 0 Å². The number of rotatable bonds is 5. The van der Waals surface area contributed by atoms with Gasteiger partial charge in [0.25, 0.3) is 5.91 Å². The highest BCUT2D eigenvalue weighted by atomic mass is 19.1. The van der Waals surface area contributed by atoms with E-state index in [4.69, 9.17) is 4.74 Å². The number of halogens is 1. The van der Waals surface area contributed by atoms with E-state index in [1.807, 2.05) is 30.3 Å². The van der Waals surface area contributed by atoms with Crippen molar-refractivity contribution in [1.82, 2.24) is 15.3 Å². The van der Waals surface area contributed by atoms with Gasteiger partial charge in [0.15, 0.2) is 11.6 Å². The van der Waals surface area contributed by atoms with Gasteiger partial charge in [-0.15, -0.1) is 0 Å². The molecule has 6 heteroatoms. The van der Waals surface area contributed by atoms with E-state index in [9.17, 15) is 9.18 Å². The second-order valence-electron chi connectivity index (χ2n) is 6.12. The van der Waals surface area contributed by atoms with Crippen molar-refractivity contribution in [3.63, 3.8) is 0 Å². The lowest BCUT2D eigenvalue weighted by Gasteiger charge is -2.11. The summed E-state index contributed by atoms with van der Waals surface area (Å²) < 4.78 is 20.1. The quantitative estimate of drug-likeness (QED) is 0.560. The number of nitrogens with one attached hydrogen (secondary N) is 1. The van der Waals surface area contributed by atoms with Crippen LogP contribution < -0.4 is 10.1 Å². The van der Waals surface area contributed by atoms with Crippen LogP contribution in [-0.2, 0) is 6.54 Å². The van der Waals surface area contributed by atoms with Crippen molar-refractivity contribution >= 4 is 16.8 Å². The molecule has 138 valence electrons. The number of pyridine rings is 2. The Balaban J connectivity index is 1.56. The summed E-state index contributed by atoms with van der Waals surface area (Å²) in [7, 11) is 0. The summed E-state index contributed by atoms with van der Waals surface area (Å²) in [6.45, 7) is 0.329. The number of carbonyl (C=O) groups is 1. The third-order valence-corrected chi connectivity index (χ3v) is 4.20. The van der Waals surface area contributed by atoms with Gasteiger partial charge in [0, 0.05) is 36.1 Å². The van der Waals surface area contributed by atoms with Crippen molar-refractivity contribution in [2.75, 3.05) is 0 Å². The van der Waals surface area contributed by atoms with Gasteiger partial charge in [0.05, 0.1) is 5.52 Å². The Morgan fingerprint density at radius 2 is 1.89 bits per heavy atom. The van der Waals surface area contributed by atoms with Gasteiger partial charge in [-0.1, -0.05) is 18.2 Å². The number of carbonyl (C=O) groups excluding carboxylic acids is 1. The van der Waals surface area contributed by atoms with Crippen molar-refractivity contribution in [2.45, 2.75) is 6.54 Å². The molecule has 28 heavy (non-hydrogen) atoms. The normalized spacial score (nSPS) is 10.6. The van der Waals surface area contributed by atoms with E-state index in [2.05, 4.69) is 15.3 Å². The second-order valence-corrected chi connectivity index (χ2v) is 6.12. The number of amides is 1. The molecule has 2 heterocycles. The Kier molecular flexibility index (Phi) is 4.93. The molecule has 0 saturated carbocycles. The van der Waals surface area contributed by atoms with Crippen molar-refractivity contribution in [1.29, 1.82) is 0 Å². The topological polar surface area (TPSA) is 64.1 Å². The summed E-state index contributed by atoms with van der Waals surface area (Å²) in [5.41, 5.74) is 1.92. The number of ether oxygens (including phenoxy) is 1. The lowest BCUT2D eigenvalue weighted by molar-refractivity contribution is 0.0950. The molecule has 0 atom stereocenters. The van der Waals surface area contributed by atoms with Gasteiger partial charge >= 0.3 is 0 Å². The Hall–Kier alpha value is -3.80. The van der Waals surface area contributed by atoms with Crippen molar-refractivity contribution in [3.8, 4) is 11.5 Å². The summed E-state index contributed by atoms with van der Waals surface area (Å²) >= 11 is 0. The van der Waals surface area contributed by atoms with Gasteiger partial charge in [-0.3, -0.25) is 14.8 Å². The largest absolute Gasteiger partial charge is 0.453 e. The molecule has 1 amide bonds. The van der Waals surface area contributed by atoms with Crippen molar-refractivity contribution in [3.05, 3.63) is 96.2 Å². The first kappa shape index (κ1) is 17.6. The molecule has 4 rings (SSSR count). The molecule has 0 aliphatic carbocycles. The van der Waals surface area contributed by atoms with Crippen molar-refractivity contribution in [2.24, 2.45) is 0 Å². The maximum atomic E-state index is 14.3. The fourth-order valence-electron chi connectivity index (χ4n) is 2.79. The van der Waals surface area contributed by atoms with Gasteiger partial charge < -0.3 is 10.1 Å². The second kappa shape index (κ2) is 7.84. The number of benzene rings is 2. The molecule has 0 radical (unpaired) electrons. The first-order chi connectivity index (χ1) is 13.7. The van der Waals surface area contributed by atoms with E-state index in [-0.39, 0.29) is 11.7 Å². The molecule has 0 saturated heterocycles. The summed E-state index contributed by atoms with van der Waals surface area (Å²) in [6, 6.07) is 16.8. The molecule has 2 aromatic heterocycles. The summed E-state index contributed by atoms with van der Waals surface area (Å²) in [6.07, 6.45) is 4.94. The predicted molar refractivity (Wildman–Crippen MR) is 104 cm³/mol. The molecule has 4 aromatic rings. The number of aromatic nitrogens is 2. The third-order valence-electron chi connectivity index (χ3n) is 4.20. The van der Waals surface area contributed by atoms with Crippen LogP contribution in [-0.4, -0.2) is 15.9 Å². The lowest BCUT2D eigenvalue weighted by Crippen LogP contribution is -2.22. The monoisotopic (exact) mass is 373 g/mol. The zero-order valence-corrected chi connectivity index (χ0v) is 14.8. The highest BCUT2D eigenvalue weighted by molar-refractivity contribution is 5.94. The van der Waals surface area contributed by atoms with E-state index in [0.717, 1.165) is 16.5 Å². The van der Waals surface area contributed by atoms with Crippen LogP contribution in [0.1, 0.15) is 15.9 Å². The lowest BCUT2D eigenvalue weighted by atomic mass is 10.1. The van der Waals surface area contributed by atoms with Gasteiger partial charge in [0.2, 0.25) is 0 Å². The van der Waals surface area contributed by atoms with Crippen molar-refractivity contribution < 1.29 is 13.9 Å². The standard InChI is InChI=1S/C22H16FN3O2/c23-18-8-7-16(22(27)26-14-15-4-3-10-24-13-15)12-21(18)28-20-9-11-25-19-6-2-1-5-17(19)20/h1-13H,14H2,(H,26,27). The Morgan fingerprint density at radius 3 is 2.75 bits per heavy atom. The summed E-state index contributed by atoms with van der Waals surface area (Å²) in [5.74, 6) is -0.430. The van der Waals surface area contributed by atoms with Crippen LogP contribution in [0.3, 0.4) is 0 Å². The van der Waals surface area contributed by atoms with Crippen LogP contribution in [0.25, 0.3) is 10.9 Å². The molecule has 0 aliphatic heterocycles. The minimum Gasteiger partial charge on any atom is -0.453 e. The van der Waals surface area contributed by atoms with Gasteiger partial charge in [-0.05, 0) is 48.0 Å². The summed E-state index contributed by atoms with van der Waals surface area (Å²) in [5, 5.41) is 3.55. The Bertz CT molecular complexity index is 1130. The first-order valence-electron chi connectivity index (χ1n) is 8.69. The highest BCUT2D eigenvalue weighted by Gasteiger charge is 2.13. The van der Waals surface area contributed by atoms with Gasteiger partial charge in [-0.25, -0.2) is 4.39 Å². The molecule has 0 spiro atoms.